The van der Waals surface area contributed by atoms with E-state index in [9.17, 15) is 9.59 Å². The summed E-state index contributed by atoms with van der Waals surface area (Å²) in [6.07, 6.45) is 2.33. The zero-order valence-electron chi connectivity index (χ0n) is 17.4. The van der Waals surface area contributed by atoms with Gasteiger partial charge in [-0.3, -0.25) is 9.59 Å². The lowest BCUT2D eigenvalue weighted by atomic mass is 9.89. The minimum atomic E-state index is -0.191. The van der Waals surface area contributed by atoms with Crippen LogP contribution < -0.4 is 10.6 Å². The monoisotopic (exact) mass is 435 g/mol. The van der Waals surface area contributed by atoms with E-state index in [1.807, 2.05) is 41.8 Å². The Balaban J connectivity index is 1.30. The minimum absolute atomic E-state index is 0.0167. The van der Waals surface area contributed by atoms with E-state index in [2.05, 4.69) is 27.8 Å². The summed E-state index contributed by atoms with van der Waals surface area (Å²) >= 11 is 1.40. The number of carbonyl (C=O) groups excluding carboxylic acids is 2. The fourth-order valence-electron chi connectivity index (χ4n) is 3.66. The molecule has 160 valence electrons. The summed E-state index contributed by atoms with van der Waals surface area (Å²) in [5, 5.41) is 8.30. The first-order valence-electron chi connectivity index (χ1n) is 10.3. The zero-order chi connectivity index (χ0) is 21.6. The predicted molar refractivity (Wildman–Crippen MR) is 123 cm³/mol. The molecule has 2 N–H and O–H groups in total. The quantitative estimate of drug-likeness (QED) is 0.545. The number of thiazole rings is 1. The summed E-state index contributed by atoms with van der Waals surface area (Å²) in [5.41, 5.74) is 5.04. The lowest BCUT2D eigenvalue weighted by Crippen LogP contribution is -2.30. The average molecular weight is 436 g/mol. The van der Waals surface area contributed by atoms with Gasteiger partial charge in [0.15, 0.2) is 5.13 Å². The van der Waals surface area contributed by atoms with Gasteiger partial charge in [0.1, 0.15) is 0 Å². The summed E-state index contributed by atoms with van der Waals surface area (Å²) in [7, 11) is 1.70. The molecule has 4 rings (SSSR count). The summed E-state index contributed by atoms with van der Waals surface area (Å²) in [6, 6.07) is 16.0. The number of anilines is 2. The van der Waals surface area contributed by atoms with Crippen molar-refractivity contribution in [2.45, 2.75) is 25.7 Å². The lowest BCUT2D eigenvalue weighted by molar-refractivity contribution is -0.121. The Morgan fingerprint density at radius 3 is 2.84 bits per heavy atom. The van der Waals surface area contributed by atoms with Gasteiger partial charge in [-0.2, -0.15) is 0 Å². The summed E-state index contributed by atoms with van der Waals surface area (Å²) < 4.78 is 5.11. The Morgan fingerprint density at radius 1 is 1.23 bits per heavy atom. The van der Waals surface area contributed by atoms with E-state index in [0.29, 0.717) is 24.6 Å². The molecule has 3 aromatic rings. The van der Waals surface area contributed by atoms with E-state index in [4.69, 9.17) is 4.74 Å². The molecule has 6 nitrogen and oxygen atoms in total. The fraction of sp³-hybridized carbons (Fsp3) is 0.292. The molecule has 0 saturated carbocycles. The van der Waals surface area contributed by atoms with Crippen LogP contribution in [0, 0.1) is 5.92 Å². The molecule has 31 heavy (non-hydrogen) atoms. The van der Waals surface area contributed by atoms with Crippen molar-refractivity contribution >= 4 is 34.0 Å². The van der Waals surface area contributed by atoms with E-state index in [-0.39, 0.29) is 24.2 Å². The van der Waals surface area contributed by atoms with Crippen molar-refractivity contribution in [3.05, 3.63) is 65.0 Å². The van der Waals surface area contributed by atoms with Crippen LogP contribution in [0.1, 0.15) is 24.0 Å². The SMILES string of the molecule is COCCc1ccc(-c2csc(NC(=O)CC[C@H]3Cc4ccccc4NC3=O)n2)cc1. The largest absolute Gasteiger partial charge is 0.384 e. The van der Waals surface area contributed by atoms with Crippen molar-refractivity contribution in [3.63, 3.8) is 0 Å². The molecule has 1 aliphatic heterocycles. The average Bonchev–Trinajstić information content (AvgIpc) is 3.25. The minimum Gasteiger partial charge on any atom is -0.384 e. The van der Waals surface area contributed by atoms with Gasteiger partial charge in [0, 0.05) is 36.1 Å². The highest BCUT2D eigenvalue weighted by Crippen LogP contribution is 2.28. The van der Waals surface area contributed by atoms with E-state index < -0.39 is 0 Å². The van der Waals surface area contributed by atoms with Gasteiger partial charge in [-0.25, -0.2) is 4.98 Å². The molecule has 0 fully saturated rings. The number of fused-ring (bicyclic) bond motifs is 1. The Kier molecular flexibility index (Phi) is 6.74. The first kappa shape index (κ1) is 21.2. The van der Waals surface area contributed by atoms with Crippen LogP contribution >= 0.6 is 11.3 Å². The van der Waals surface area contributed by atoms with Gasteiger partial charge in [0.2, 0.25) is 11.8 Å². The molecule has 0 bridgehead atoms. The maximum Gasteiger partial charge on any atom is 0.227 e. The van der Waals surface area contributed by atoms with Crippen LogP contribution in [0.2, 0.25) is 0 Å². The number of amides is 2. The van der Waals surface area contributed by atoms with Crippen molar-refractivity contribution in [2.75, 3.05) is 24.4 Å². The van der Waals surface area contributed by atoms with E-state index in [1.165, 1.54) is 16.9 Å². The van der Waals surface area contributed by atoms with Crippen molar-refractivity contribution in [2.24, 2.45) is 5.92 Å². The standard InChI is InChI=1S/C24H25N3O3S/c1-30-13-12-16-6-8-17(9-7-16)21-15-31-24(26-21)27-22(28)11-10-19-14-18-4-2-3-5-20(18)25-23(19)29/h2-9,15,19H,10-14H2,1H3,(H,25,29)(H,26,27,28)/t19-/m0/s1. The number of para-hydroxylation sites is 1. The van der Waals surface area contributed by atoms with Gasteiger partial charge in [0.25, 0.3) is 0 Å². The van der Waals surface area contributed by atoms with E-state index in [1.54, 1.807) is 7.11 Å². The first-order chi connectivity index (χ1) is 15.1. The molecule has 0 saturated heterocycles. The molecule has 1 aromatic heterocycles. The normalized spacial score (nSPS) is 15.3. The second-order valence-corrected chi connectivity index (χ2v) is 8.47. The predicted octanol–water partition coefficient (Wildman–Crippen LogP) is 4.53. The molecule has 0 spiro atoms. The number of hydrogen-bond donors (Lipinski definition) is 2. The third kappa shape index (κ3) is 5.37. The van der Waals surface area contributed by atoms with Gasteiger partial charge in [-0.1, -0.05) is 42.5 Å². The van der Waals surface area contributed by atoms with Crippen LogP contribution in [-0.4, -0.2) is 30.5 Å². The summed E-state index contributed by atoms with van der Waals surface area (Å²) in [6.45, 7) is 0.696. The highest BCUT2D eigenvalue weighted by molar-refractivity contribution is 7.14. The molecule has 2 aromatic carbocycles. The molecule has 7 heteroatoms. The number of aromatic nitrogens is 1. The highest BCUT2D eigenvalue weighted by Gasteiger charge is 2.26. The van der Waals surface area contributed by atoms with Crippen LogP contribution in [0.5, 0.6) is 0 Å². The Labute approximate surface area is 185 Å². The smallest absolute Gasteiger partial charge is 0.227 e. The second-order valence-electron chi connectivity index (χ2n) is 7.61. The van der Waals surface area contributed by atoms with Gasteiger partial charge in [0.05, 0.1) is 12.3 Å². The number of benzene rings is 2. The lowest BCUT2D eigenvalue weighted by Gasteiger charge is -2.24. The number of ether oxygens (including phenoxy) is 1. The summed E-state index contributed by atoms with van der Waals surface area (Å²) in [4.78, 5) is 29.3. The number of methoxy groups -OCH3 is 1. The number of carbonyl (C=O) groups is 2. The van der Waals surface area contributed by atoms with Gasteiger partial charge in [-0.05, 0) is 36.5 Å². The van der Waals surface area contributed by atoms with Crippen molar-refractivity contribution in [3.8, 4) is 11.3 Å². The topological polar surface area (TPSA) is 80.3 Å². The molecular formula is C24H25N3O3S. The van der Waals surface area contributed by atoms with Crippen molar-refractivity contribution in [1.82, 2.24) is 4.98 Å². The third-order valence-corrected chi connectivity index (χ3v) is 6.19. The van der Waals surface area contributed by atoms with Gasteiger partial charge >= 0.3 is 0 Å². The molecular weight excluding hydrogens is 410 g/mol. The van der Waals surface area contributed by atoms with Gasteiger partial charge < -0.3 is 15.4 Å². The Morgan fingerprint density at radius 2 is 2.03 bits per heavy atom. The van der Waals surface area contributed by atoms with E-state index >= 15 is 0 Å². The van der Waals surface area contributed by atoms with E-state index in [0.717, 1.165) is 28.9 Å². The molecule has 0 unspecified atom stereocenters. The van der Waals surface area contributed by atoms with Crippen LogP contribution in [0.4, 0.5) is 10.8 Å². The molecule has 2 amide bonds. The van der Waals surface area contributed by atoms with Crippen molar-refractivity contribution in [1.29, 1.82) is 0 Å². The van der Waals surface area contributed by atoms with Crippen molar-refractivity contribution < 1.29 is 14.3 Å². The summed E-state index contributed by atoms with van der Waals surface area (Å²) in [5.74, 6) is -0.330. The third-order valence-electron chi connectivity index (χ3n) is 5.43. The number of hydrogen-bond acceptors (Lipinski definition) is 5. The Bertz CT molecular complexity index is 1060. The van der Waals surface area contributed by atoms with Crippen LogP contribution in [0.15, 0.2) is 53.9 Å². The molecule has 1 aliphatic rings. The maximum atomic E-state index is 12.4. The fourth-order valence-corrected chi connectivity index (χ4v) is 4.40. The number of nitrogens with zero attached hydrogens (tertiary/aromatic N) is 1. The maximum absolute atomic E-state index is 12.4. The van der Waals surface area contributed by atoms with Gasteiger partial charge in [-0.15, -0.1) is 11.3 Å². The molecule has 0 aliphatic carbocycles. The molecule has 0 radical (unpaired) electrons. The first-order valence-corrected chi connectivity index (χ1v) is 11.2. The van der Waals surface area contributed by atoms with Crippen LogP contribution in [0.25, 0.3) is 11.3 Å². The second kappa shape index (κ2) is 9.85. The van der Waals surface area contributed by atoms with Crippen LogP contribution in [0.3, 0.4) is 0 Å². The number of rotatable bonds is 8. The molecule has 2 heterocycles. The Hall–Kier alpha value is -3.03. The highest BCUT2D eigenvalue weighted by atomic mass is 32.1. The molecule has 1 atom stereocenters. The van der Waals surface area contributed by atoms with Crippen LogP contribution in [-0.2, 0) is 27.2 Å². The zero-order valence-corrected chi connectivity index (χ0v) is 18.2. The number of nitrogens with one attached hydrogen (secondary N) is 2.